The van der Waals surface area contributed by atoms with Gasteiger partial charge in [0.05, 0.1) is 17.5 Å². The van der Waals surface area contributed by atoms with Crippen molar-refractivity contribution >= 4 is 43.7 Å². The molecule has 2 amide bonds. The molecule has 124 valence electrons. The van der Waals surface area contributed by atoms with Crippen molar-refractivity contribution in [3.8, 4) is 5.75 Å². The van der Waals surface area contributed by atoms with Crippen molar-refractivity contribution in [1.82, 2.24) is 10.2 Å². The van der Waals surface area contributed by atoms with E-state index in [2.05, 4.69) is 37.2 Å². The average Bonchev–Trinajstić information content (AvgIpc) is 2.97. The fourth-order valence-electron chi connectivity index (χ4n) is 3.49. The summed E-state index contributed by atoms with van der Waals surface area (Å²) in [5.41, 5.74) is -0.385. The quantitative estimate of drug-likeness (QED) is 0.723. The lowest BCUT2D eigenvalue weighted by atomic mass is 9.79. The summed E-state index contributed by atoms with van der Waals surface area (Å²) in [6.07, 6.45) is -0.390. The van der Waals surface area contributed by atoms with Gasteiger partial charge < -0.3 is 20.1 Å². The number of benzene rings is 1. The number of methoxy groups -OCH3 is 1. The molecule has 0 unspecified atom stereocenters. The highest BCUT2D eigenvalue weighted by molar-refractivity contribution is 9.11. The third-order valence-electron chi connectivity index (χ3n) is 4.64. The molecule has 2 aliphatic rings. The summed E-state index contributed by atoms with van der Waals surface area (Å²) < 4.78 is 6.82. The Kier molecular flexibility index (Phi) is 4.18. The van der Waals surface area contributed by atoms with Crippen molar-refractivity contribution in [2.24, 2.45) is 0 Å². The maximum absolute atomic E-state index is 12.7. The number of halogens is 2. The third-order valence-corrected chi connectivity index (χ3v) is 5.95. The molecule has 0 radical (unpaired) electrons. The van der Waals surface area contributed by atoms with E-state index in [9.17, 15) is 14.7 Å². The molecule has 3 atom stereocenters. The van der Waals surface area contributed by atoms with E-state index >= 15 is 0 Å². The minimum atomic E-state index is -1.10. The summed E-state index contributed by atoms with van der Waals surface area (Å²) in [4.78, 5) is 25.8. The number of carbonyl (C=O) groups is 2. The number of hydrogen-bond acceptors (Lipinski definition) is 4. The summed E-state index contributed by atoms with van der Waals surface area (Å²) in [5.74, 6) is -0.430. The molecule has 0 saturated carbocycles. The van der Waals surface area contributed by atoms with E-state index in [0.717, 1.165) is 14.5 Å². The third kappa shape index (κ3) is 2.38. The molecular weight excluding hydrogens is 432 g/mol. The Morgan fingerprint density at radius 1 is 1.35 bits per heavy atom. The van der Waals surface area contributed by atoms with E-state index in [-0.39, 0.29) is 18.2 Å². The van der Waals surface area contributed by atoms with Crippen molar-refractivity contribution in [3.63, 3.8) is 0 Å². The van der Waals surface area contributed by atoms with Gasteiger partial charge in [0, 0.05) is 17.9 Å². The number of likely N-dealkylation sites (tertiary alicyclic amines) is 1. The standard InChI is InChI=1S/C15H16Br2N2O4/c1-19-13(21)12(15(14(19)22)4-3-11(20)18-15)7-5-10(23-2)9(17)6-8(7)16/h5-6,12-13,21H,3-4H2,1-2H3,(H,18,20)/t12-,13+,15-/m1/s1. The van der Waals surface area contributed by atoms with Gasteiger partial charge in [-0.05, 0) is 40.0 Å². The monoisotopic (exact) mass is 446 g/mol. The minimum Gasteiger partial charge on any atom is -0.496 e. The molecule has 0 bridgehead atoms. The number of hydrogen-bond donors (Lipinski definition) is 2. The van der Waals surface area contributed by atoms with Crippen LogP contribution in [-0.4, -0.2) is 47.7 Å². The predicted molar refractivity (Wildman–Crippen MR) is 90.0 cm³/mol. The molecule has 23 heavy (non-hydrogen) atoms. The summed E-state index contributed by atoms with van der Waals surface area (Å²) in [6.45, 7) is 0. The molecule has 2 saturated heterocycles. The molecule has 2 N–H and O–H groups in total. The van der Waals surface area contributed by atoms with Crippen LogP contribution in [0.5, 0.6) is 5.75 Å². The zero-order valence-corrected chi connectivity index (χ0v) is 15.8. The van der Waals surface area contributed by atoms with Gasteiger partial charge in [0.1, 0.15) is 17.5 Å². The first-order valence-corrected chi connectivity index (χ1v) is 8.69. The lowest BCUT2D eigenvalue weighted by Crippen LogP contribution is -2.51. The van der Waals surface area contributed by atoms with Gasteiger partial charge in [-0.3, -0.25) is 9.59 Å². The van der Waals surface area contributed by atoms with Crippen LogP contribution in [0.25, 0.3) is 0 Å². The second kappa shape index (κ2) is 5.75. The summed E-state index contributed by atoms with van der Waals surface area (Å²) >= 11 is 6.90. The number of nitrogens with one attached hydrogen (secondary N) is 1. The fourth-order valence-corrected chi connectivity index (χ4v) is 4.89. The number of likely N-dealkylation sites (N-methyl/N-ethyl adjacent to an activating group) is 1. The van der Waals surface area contributed by atoms with Crippen molar-refractivity contribution in [1.29, 1.82) is 0 Å². The summed E-state index contributed by atoms with van der Waals surface area (Å²) in [6, 6.07) is 3.59. The van der Waals surface area contributed by atoms with Gasteiger partial charge in [-0.15, -0.1) is 0 Å². The molecule has 2 fully saturated rings. The Morgan fingerprint density at radius 2 is 2.04 bits per heavy atom. The van der Waals surface area contributed by atoms with Crippen molar-refractivity contribution < 1.29 is 19.4 Å². The first kappa shape index (κ1) is 16.7. The molecule has 0 aliphatic carbocycles. The van der Waals surface area contributed by atoms with E-state index in [1.54, 1.807) is 20.2 Å². The van der Waals surface area contributed by atoms with Crippen LogP contribution in [-0.2, 0) is 9.59 Å². The summed E-state index contributed by atoms with van der Waals surface area (Å²) in [5, 5.41) is 13.4. The zero-order valence-electron chi connectivity index (χ0n) is 12.6. The number of rotatable bonds is 2. The fraction of sp³-hybridized carbons (Fsp3) is 0.467. The van der Waals surface area contributed by atoms with Crippen LogP contribution in [0.15, 0.2) is 21.1 Å². The van der Waals surface area contributed by atoms with Crippen molar-refractivity contribution in [2.45, 2.75) is 30.5 Å². The largest absolute Gasteiger partial charge is 0.496 e. The smallest absolute Gasteiger partial charge is 0.250 e. The van der Waals surface area contributed by atoms with Gasteiger partial charge in [-0.2, -0.15) is 0 Å². The van der Waals surface area contributed by atoms with Crippen LogP contribution in [0.2, 0.25) is 0 Å². The molecule has 3 rings (SSSR count). The highest BCUT2D eigenvalue weighted by Crippen LogP contribution is 2.48. The molecule has 0 aromatic heterocycles. The van der Waals surface area contributed by atoms with Crippen LogP contribution in [0, 0.1) is 0 Å². The Hall–Kier alpha value is -1.12. The number of aliphatic hydroxyl groups excluding tert-OH is 1. The average molecular weight is 448 g/mol. The Bertz CT molecular complexity index is 696. The van der Waals surface area contributed by atoms with Crippen molar-refractivity contribution in [2.75, 3.05) is 14.2 Å². The molecule has 2 heterocycles. The van der Waals surface area contributed by atoms with E-state index in [1.807, 2.05) is 6.07 Å². The number of carbonyl (C=O) groups excluding carboxylic acids is 2. The van der Waals surface area contributed by atoms with Gasteiger partial charge >= 0.3 is 0 Å². The van der Waals surface area contributed by atoms with Gasteiger partial charge in [0.2, 0.25) is 5.91 Å². The van der Waals surface area contributed by atoms with Crippen LogP contribution >= 0.6 is 31.9 Å². The lowest BCUT2D eigenvalue weighted by molar-refractivity contribution is -0.136. The van der Waals surface area contributed by atoms with Crippen LogP contribution < -0.4 is 10.1 Å². The Balaban J connectivity index is 2.17. The molecule has 1 aromatic rings. The second-order valence-electron chi connectivity index (χ2n) is 5.84. The maximum atomic E-state index is 12.7. The SMILES string of the molecule is COc1cc([C@@H]2[C@H](O)N(C)C(=O)[C@@]23CCC(=O)N3)c(Br)cc1Br. The molecule has 6 nitrogen and oxygen atoms in total. The molecule has 2 aliphatic heterocycles. The van der Waals surface area contributed by atoms with Gasteiger partial charge in [-0.25, -0.2) is 0 Å². The highest BCUT2D eigenvalue weighted by Gasteiger charge is 2.61. The molecular formula is C15H16Br2N2O4. The van der Waals surface area contributed by atoms with E-state index < -0.39 is 17.7 Å². The van der Waals surface area contributed by atoms with Gasteiger partial charge in [0.15, 0.2) is 0 Å². The van der Waals surface area contributed by atoms with E-state index in [0.29, 0.717) is 12.2 Å². The summed E-state index contributed by atoms with van der Waals surface area (Å²) in [7, 11) is 3.09. The predicted octanol–water partition coefficient (Wildman–Crippen LogP) is 1.74. The minimum absolute atomic E-state index is 0.175. The van der Waals surface area contributed by atoms with Gasteiger partial charge in [0.25, 0.3) is 5.91 Å². The van der Waals surface area contributed by atoms with Gasteiger partial charge in [-0.1, -0.05) is 15.9 Å². The molecule has 1 aromatic carbocycles. The second-order valence-corrected chi connectivity index (χ2v) is 7.54. The zero-order chi connectivity index (χ0) is 16.9. The number of nitrogens with zero attached hydrogens (tertiary/aromatic N) is 1. The molecule has 8 heteroatoms. The van der Waals surface area contributed by atoms with Crippen molar-refractivity contribution in [3.05, 3.63) is 26.6 Å². The highest BCUT2D eigenvalue weighted by atomic mass is 79.9. The normalized spacial score (nSPS) is 30.2. The topological polar surface area (TPSA) is 78.9 Å². The maximum Gasteiger partial charge on any atom is 0.250 e. The van der Waals surface area contributed by atoms with Crippen LogP contribution in [0.1, 0.15) is 24.3 Å². The Labute approximate surface area is 150 Å². The Morgan fingerprint density at radius 3 is 2.61 bits per heavy atom. The molecule has 1 spiro atoms. The number of amides is 2. The van der Waals surface area contributed by atoms with Crippen LogP contribution in [0.3, 0.4) is 0 Å². The van der Waals surface area contributed by atoms with E-state index in [1.165, 1.54) is 4.90 Å². The number of aliphatic hydroxyl groups is 1. The first-order chi connectivity index (χ1) is 10.8. The van der Waals surface area contributed by atoms with E-state index in [4.69, 9.17) is 4.74 Å². The number of ether oxygens (including phenoxy) is 1. The van der Waals surface area contributed by atoms with Crippen LogP contribution in [0.4, 0.5) is 0 Å². The lowest BCUT2D eigenvalue weighted by Gasteiger charge is -2.30. The first-order valence-electron chi connectivity index (χ1n) is 7.11.